The summed E-state index contributed by atoms with van der Waals surface area (Å²) in [6.45, 7) is 0. The summed E-state index contributed by atoms with van der Waals surface area (Å²) in [5.74, 6) is 0. The molecule has 0 radical (unpaired) electrons. The molecule has 0 bridgehead atoms. The summed E-state index contributed by atoms with van der Waals surface area (Å²) in [6.07, 6.45) is 0. The second-order valence-electron chi connectivity index (χ2n) is 16.0. The van der Waals surface area contributed by atoms with Gasteiger partial charge in [0.1, 0.15) is 0 Å². The Balaban J connectivity index is 1.19. The molecule has 1 nitrogen and oxygen atoms in total. The summed E-state index contributed by atoms with van der Waals surface area (Å²) in [4.78, 5) is 2.37. The van der Waals surface area contributed by atoms with Gasteiger partial charge in [0.05, 0.1) is 5.41 Å². The van der Waals surface area contributed by atoms with Crippen LogP contribution in [0.4, 0.5) is 17.1 Å². The van der Waals surface area contributed by atoms with Crippen molar-refractivity contribution in [3.63, 3.8) is 0 Å². The molecule has 0 amide bonds. The van der Waals surface area contributed by atoms with E-state index in [2.05, 4.69) is 241 Å². The zero-order chi connectivity index (χ0) is 39.6. The number of fused-ring (bicyclic) bond motifs is 10. The molecule has 0 unspecified atom stereocenters. The normalized spacial score (nSPS) is 12.8. The molecule has 0 spiro atoms. The average molecular weight is 762 g/mol. The van der Waals surface area contributed by atoms with E-state index in [1.165, 1.54) is 87.6 Å². The van der Waals surface area contributed by atoms with Crippen LogP contribution in [0.25, 0.3) is 65.3 Å². The molecule has 11 aromatic carbocycles. The molecule has 0 aromatic heterocycles. The van der Waals surface area contributed by atoms with Gasteiger partial charge in [-0.3, -0.25) is 0 Å². The molecule has 11 aromatic rings. The van der Waals surface area contributed by atoms with Crippen LogP contribution in [0, 0.1) is 0 Å². The molecule has 0 fully saturated rings. The maximum atomic E-state index is 2.50. The summed E-state index contributed by atoms with van der Waals surface area (Å²) in [5.41, 5.74) is 13.0. The van der Waals surface area contributed by atoms with E-state index >= 15 is 0 Å². The Hall–Kier alpha value is -7.74. The van der Waals surface area contributed by atoms with Gasteiger partial charge >= 0.3 is 0 Å². The maximum Gasteiger partial charge on any atom is 0.0720 e. The smallest absolute Gasteiger partial charge is 0.0720 e. The second-order valence-corrected chi connectivity index (χ2v) is 16.0. The molecule has 1 aliphatic carbocycles. The van der Waals surface area contributed by atoms with Crippen LogP contribution in [-0.2, 0) is 5.41 Å². The first-order valence-electron chi connectivity index (χ1n) is 20.8. The van der Waals surface area contributed by atoms with E-state index in [0.717, 1.165) is 17.1 Å². The molecule has 1 heteroatoms. The van der Waals surface area contributed by atoms with Gasteiger partial charge in [0.25, 0.3) is 0 Å². The van der Waals surface area contributed by atoms with Crippen molar-refractivity contribution in [1.82, 2.24) is 0 Å². The Morgan fingerprint density at radius 1 is 0.300 bits per heavy atom. The zero-order valence-corrected chi connectivity index (χ0v) is 33.0. The van der Waals surface area contributed by atoms with E-state index in [9.17, 15) is 0 Å². The van der Waals surface area contributed by atoms with Crippen molar-refractivity contribution in [2.45, 2.75) is 5.41 Å². The van der Waals surface area contributed by atoms with E-state index < -0.39 is 5.41 Å². The lowest BCUT2D eigenvalue weighted by atomic mass is 9.66. The van der Waals surface area contributed by atoms with Crippen LogP contribution in [0.15, 0.2) is 237 Å². The Morgan fingerprint density at radius 3 is 1.47 bits per heavy atom. The molecule has 0 saturated carbocycles. The molecule has 0 heterocycles. The first-order valence-corrected chi connectivity index (χ1v) is 20.8. The zero-order valence-electron chi connectivity index (χ0n) is 33.0. The molecule has 280 valence electrons. The predicted molar refractivity (Wildman–Crippen MR) is 254 cm³/mol. The van der Waals surface area contributed by atoms with Crippen molar-refractivity contribution in [3.05, 3.63) is 259 Å². The maximum absolute atomic E-state index is 2.50. The molecule has 0 N–H and O–H groups in total. The topological polar surface area (TPSA) is 3.24 Å². The number of anilines is 3. The van der Waals surface area contributed by atoms with Crippen LogP contribution in [-0.4, -0.2) is 0 Å². The van der Waals surface area contributed by atoms with Crippen molar-refractivity contribution >= 4 is 60.2 Å². The molecule has 0 aliphatic heterocycles. The van der Waals surface area contributed by atoms with Crippen LogP contribution >= 0.6 is 0 Å². The van der Waals surface area contributed by atoms with Crippen LogP contribution in [0.1, 0.15) is 22.3 Å². The fraction of sp³-hybridized carbons (Fsp3) is 0.0169. The lowest BCUT2D eigenvalue weighted by molar-refractivity contribution is 0.777. The van der Waals surface area contributed by atoms with Crippen molar-refractivity contribution in [2.24, 2.45) is 0 Å². The van der Waals surface area contributed by atoms with Gasteiger partial charge in [-0.15, -0.1) is 0 Å². The highest BCUT2D eigenvalue weighted by atomic mass is 15.1. The van der Waals surface area contributed by atoms with E-state index in [1.807, 2.05) is 0 Å². The SMILES string of the molecule is c1ccc(N(c2ccccc2)c2ccc3c4c(c5ccccc5c3c2)C(c2ccccc2)(c2ccccc2)c2cc3ccc(-c5ccc6ccccc6c5)cc3cc2-4)cc1. The first kappa shape index (κ1) is 34.3. The van der Waals surface area contributed by atoms with Crippen LogP contribution in [0.2, 0.25) is 0 Å². The number of hydrogen-bond donors (Lipinski definition) is 0. The highest BCUT2D eigenvalue weighted by molar-refractivity contribution is 6.20. The summed E-state index contributed by atoms with van der Waals surface area (Å²) in [6, 6.07) is 87.5. The highest BCUT2D eigenvalue weighted by Gasteiger charge is 2.48. The number of para-hydroxylation sites is 2. The third-order valence-electron chi connectivity index (χ3n) is 12.8. The third-order valence-corrected chi connectivity index (χ3v) is 12.8. The fourth-order valence-electron chi connectivity index (χ4n) is 10.2. The van der Waals surface area contributed by atoms with Gasteiger partial charge in [0.15, 0.2) is 0 Å². The fourth-order valence-corrected chi connectivity index (χ4v) is 10.2. The Bertz CT molecular complexity index is 3330. The average Bonchev–Trinajstić information content (AvgIpc) is 3.62. The van der Waals surface area contributed by atoms with E-state index in [-0.39, 0.29) is 0 Å². The van der Waals surface area contributed by atoms with Gasteiger partial charge in [-0.05, 0) is 148 Å². The van der Waals surface area contributed by atoms with Crippen LogP contribution in [0.3, 0.4) is 0 Å². The lowest BCUT2D eigenvalue weighted by Gasteiger charge is -2.35. The van der Waals surface area contributed by atoms with Gasteiger partial charge in [-0.2, -0.15) is 0 Å². The van der Waals surface area contributed by atoms with Gasteiger partial charge in [-0.1, -0.05) is 176 Å². The summed E-state index contributed by atoms with van der Waals surface area (Å²) < 4.78 is 0. The van der Waals surface area contributed by atoms with Crippen LogP contribution < -0.4 is 4.90 Å². The van der Waals surface area contributed by atoms with Crippen molar-refractivity contribution < 1.29 is 0 Å². The second kappa shape index (κ2) is 13.7. The van der Waals surface area contributed by atoms with Gasteiger partial charge in [0.2, 0.25) is 0 Å². The summed E-state index contributed by atoms with van der Waals surface area (Å²) in [7, 11) is 0. The minimum absolute atomic E-state index is 0.565. The van der Waals surface area contributed by atoms with Crippen LogP contribution in [0.5, 0.6) is 0 Å². The third kappa shape index (κ3) is 5.19. The van der Waals surface area contributed by atoms with E-state index in [0.29, 0.717) is 0 Å². The van der Waals surface area contributed by atoms with Gasteiger partial charge in [0, 0.05) is 17.1 Å². The molecule has 0 saturated heterocycles. The number of rotatable bonds is 6. The molecule has 0 atom stereocenters. The summed E-state index contributed by atoms with van der Waals surface area (Å²) >= 11 is 0. The molecule has 1 aliphatic rings. The number of nitrogens with zero attached hydrogens (tertiary/aromatic N) is 1. The Labute approximate surface area is 350 Å². The molecule has 12 rings (SSSR count). The first-order chi connectivity index (χ1) is 29.8. The van der Waals surface area contributed by atoms with E-state index in [1.54, 1.807) is 0 Å². The molecular formula is C59H39N. The highest BCUT2D eigenvalue weighted by Crippen LogP contribution is 2.61. The quantitative estimate of drug-likeness (QED) is 0.153. The minimum Gasteiger partial charge on any atom is -0.310 e. The van der Waals surface area contributed by atoms with E-state index in [4.69, 9.17) is 0 Å². The Kier molecular flexibility index (Phi) is 7.83. The van der Waals surface area contributed by atoms with Gasteiger partial charge < -0.3 is 4.90 Å². The monoisotopic (exact) mass is 761 g/mol. The molecular weight excluding hydrogens is 723 g/mol. The van der Waals surface area contributed by atoms with Gasteiger partial charge in [-0.25, -0.2) is 0 Å². The summed E-state index contributed by atoms with van der Waals surface area (Å²) in [5, 5.41) is 10.0. The Morgan fingerprint density at radius 2 is 0.817 bits per heavy atom. The van der Waals surface area contributed by atoms with Crippen molar-refractivity contribution in [2.75, 3.05) is 4.90 Å². The number of benzene rings is 11. The standard InChI is InChI=1S/C59H39N/c1-5-19-46(20-6-1)59(47-21-7-2-8-22-47)56-38-44-32-31-43(42-30-29-40-17-13-14-18-41(40)35-42)36-45(44)37-55(56)57-52-34-33-50(39-54(52)51-27-15-16-28-53(51)58(57)59)60(48-23-9-3-10-24-48)49-25-11-4-12-26-49/h1-39H. The van der Waals surface area contributed by atoms with Crippen molar-refractivity contribution in [3.8, 4) is 22.3 Å². The van der Waals surface area contributed by atoms with Crippen molar-refractivity contribution in [1.29, 1.82) is 0 Å². The lowest BCUT2D eigenvalue weighted by Crippen LogP contribution is -2.28. The predicted octanol–water partition coefficient (Wildman–Crippen LogP) is 15.8. The largest absolute Gasteiger partial charge is 0.310 e. The minimum atomic E-state index is -0.565. The molecule has 60 heavy (non-hydrogen) atoms. The number of hydrogen-bond acceptors (Lipinski definition) is 1.